The minimum Gasteiger partial charge on any atom is -0.497 e. The number of anilines is 1. The van der Waals surface area contributed by atoms with E-state index < -0.39 is 11.4 Å². The van der Waals surface area contributed by atoms with Gasteiger partial charge < -0.3 is 24.4 Å². The van der Waals surface area contributed by atoms with Gasteiger partial charge in [0.25, 0.3) is 0 Å². The third kappa shape index (κ3) is 6.14. The van der Waals surface area contributed by atoms with Gasteiger partial charge in [0.15, 0.2) is 11.6 Å². The van der Waals surface area contributed by atoms with Gasteiger partial charge in [0.05, 0.1) is 18.8 Å². The molecule has 186 valence electrons. The van der Waals surface area contributed by atoms with Crippen molar-refractivity contribution in [3.8, 4) is 28.6 Å². The van der Waals surface area contributed by atoms with Crippen molar-refractivity contribution in [3.05, 3.63) is 53.0 Å². The van der Waals surface area contributed by atoms with Crippen molar-refractivity contribution in [2.24, 2.45) is 0 Å². The molecule has 4 rings (SSSR count). The molecule has 0 radical (unpaired) electrons. The summed E-state index contributed by atoms with van der Waals surface area (Å²) in [6.07, 6.45) is 1.49. The number of hydrogen-bond acceptors (Lipinski definition) is 8. The zero-order valence-electron chi connectivity index (χ0n) is 20.3. The van der Waals surface area contributed by atoms with Gasteiger partial charge >= 0.3 is 11.8 Å². The molecule has 1 amide bonds. The molecule has 0 saturated carbocycles. The molecular weight excluding hydrogens is 452 g/mol. The Morgan fingerprint density at radius 3 is 2.60 bits per heavy atom. The van der Waals surface area contributed by atoms with Crippen molar-refractivity contribution in [2.75, 3.05) is 25.5 Å². The molecule has 1 saturated heterocycles. The van der Waals surface area contributed by atoms with E-state index in [4.69, 9.17) is 14.2 Å². The maximum atomic E-state index is 12.6. The number of benzene rings is 2. The number of carbonyl (C=O) groups is 1. The smallest absolute Gasteiger partial charge is 0.439 e. The molecule has 1 aliphatic rings. The first-order chi connectivity index (χ1) is 16.7. The summed E-state index contributed by atoms with van der Waals surface area (Å²) in [7, 11) is 1.60. The van der Waals surface area contributed by atoms with Crippen molar-refractivity contribution in [1.82, 2.24) is 15.0 Å². The summed E-state index contributed by atoms with van der Waals surface area (Å²) in [5.41, 5.74) is 0.808. The molecule has 1 aromatic heterocycles. The van der Waals surface area contributed by atoms with Crippen LogP contribution in [0.3, 0.4) is 0 Å². The third-order valence-corrected chi connectivity index (χ3v) is 5.52. The van der Waals surface area contributed by atoms with Gasteiger partial charge in [-0.25, -0.2) is 9.59 Å². The third-order valence-electron chi connectivity index (χ3n) is 5.52. The second kappa shape index (κ2) is 10.1. The monoisotopic (exact) mass is 482 g/mol. The number of likely N-dealkylation sites (tertiary alicyclic amines) is 1. The van der Waals surface area contributed by atoms with Crippen molar-refractivity contribution in [2.45, 2.75) is 45.3 Å². The predicted molar refractivity (Wildman–Crippen MR) is 130 cm³/mol. The predicted octanol–water partition coefficient (Wildman–Crippen LogP) is 4.64. The van der Waals surface area contributed by atoms with Gasteiger partial charge in [-0.3, -0.25) is 9.51 Å². The second-order valence-electron chi connectivity index (χ2n) is 9.28. The van der Waals surface area contributed by atoms with Crippen LogP contribution in [-0.2, 0) is 4.74 Å². The molecule has 35 heavy (non-hydrogen) atoms. The Balaban J connectivity index is 1.54. The van der Waals surface area contributed by atoms with Crippen LogP contribution in [0.2, 0.25) is 0 Å². The first-order valence-corrected chi connectivity index (χ1v) is 11.5. The molecule has 1 unspecified atom stereocenters. The number of H-pyrrole nitrogens is 1. The first kappa shape index (κ1) is 24.2. The van der Waals surface area contributed by atoms with Crippen LogP contribution in [0.1, 0.15) is 33.6 Å². The SMILES string of the molecule is COc1ccc(Oc2cc(-c3noc(=O)[nH]3)ccc2NCC2CCCN2C(=O)OC(C)(C)C)cc1. The highest BCUT2D eigenvalue weighted by Gasteiger charge is 2.32. The quantitative estimate of drug-likeness (QED) is 0.500. The van der Waals surface area contributed by atoms with Crippen LogP contribution in [-0.4, -0.2) is 53.0 Å². The molecule has 1 atom stereocenters. The fraction of sp³-hybridized carbons (Fsp3) is 0.400. The molecule has 0 bridgehead atoms. The highest BCUT2D eigenvalue weighted by molar-refractivity contribution is 5.70. The van der Waals surface area contributed by atoms with E-state index >= 15 is 0 Å². The van der Waals surface area contributed by atoms with E-state index in [0.717, 1.165) is 18.5 Å². The average Bonchev–Trinajstić information content (AvgIpc) is 3.46. The van der Waals surface area contributed by atoms with Crippen LogP contribution >= 0.6 is 0 Å². The summed E-state index contributed by atoms with van der Waals surface area (Å²) in [4.78, 5) is 28.4. The summed E-state index contributed by atoms with van der Waals surface area (Å²) in [5, 5.41) is 7.18. The normalized spacial score (nSPS) is 15.7. The van der Waals surface area contributed by atoms with E-state index in [1.54, 1.807) is 48.4 Å². The van der Waals surface area contributed by atoms with Crippen LogP contribution in [0.15, 0.2) is 51.8 Å². The zero-order valence-corrected chi connectivity index (χ0v) is 20.3. The van der Waals surface area contributed by atoms with E-state index in [2.05, 4.69) is 20.0 Å². The Hall–Kier alpha value is -3.95. The molecule has 1 aliphatic heterocycles. The molecule has 0 spiro atoms. The topological polar surface area (TPSA) is 119 Å². The fourth-order valence-electron chi connectivity index (χ4n) is 3.86. The van der Waals surface area contributed by atoms with E-state index in [0.29, 0.717) is 41.7 Å². The Kier molecular flexibility index (Phi) is 6.99. The number of rotatable bonds is 7. The Morgan fingerprint density at radius 1 is 1.20 bits per heavy atom. The number of nitrogens with zero attached hydrogens (tertiary/aromatic N) is 2. The summed E-state index contributed by atoms with van der Waals surface area (Å²) in [6.45, 7) is 6.77. The molecule has 0 aliphatic carbocycles. The zero-order chi connectivity index (χ0) is 25.0. The molecule has 2 N–H and O–H groups in total. The largest absolute Gasteiger partial charge is 0.497 e. The molecular formula is C25H30N4O6. The highest BCUT2D eigenvalue weighted by Crippen LogP contribution is 2.34. The van der Waals surface area contributed by atoms with Gasteiger partial charge in [0.2, 0.25) is 0 Å². The van der Waals surface area contributed by atoms with Gasteiger partial charge in [-0.1, -0.05) is 5.16 Å². The molecule has 2 heterocycles. The minimum atomic E-state index is -0.636. The Bertz CT molecular complexity index is 1210. The van der Waals surface area contributed by atoms with E-state index in [1.165, 1.54) is 0 Å². The standard InChI is InChI=1S/C25H30N4O6/c1-25(2,3)34-24(31)29-13-5-6-17(29)15-26-20-12-7-16(22-27-23(30)35-28-22)14-21(20)33-19-10-8-18(32-4)9-11-19/h7-12,14,17,26H,5-6,13,15H2,1-4H3,(H,27,28,30). The molecule has 3 aromatic rings. The lowest BCUT2D eigenvalue weighted by Crippen LogP contribution is -2.42. The Morgan fingerprint density at radius 2 is 1.94 bits per heavy atom. The average molecular weight is 483 g/mol. The number of amides is 1. The number of carbonyl (C=O) groups excluding carboxylic acids is 1. The summed E-state index contributed by atoms with van der Waals surface area (Å²) < 4.78 is 21.6. The minimum absolute atomic E-state index is 0.00902. The van der Waals surface area contributed by atoms with Crippen molar-refractivity contribution < 1.29 is 23.5 Å². The van der Waals surface area contributed by atoms with E-state index in [-0.39, 0.29) is 12.1 Å². The number of hydrogen-bond donors (Lipinski definition) is 2. The Labute approximate surface area is 203 Å². The van der Waals surface area contributed by atoms with Crippen LogP contribution in [0.4, 0.5) is 10.5 Å². The van der Waals surface area contributed by atoms with Crippen LogP contribution in [0, 0.1) is 0 Å². The van der Waals surface area contributed by atoms with Crippen molar-refractivity contribution in [3.63, 3.8) is 0 Å². The maximum absolute atomic E-state index is 12.6. The lowest BCUT2D eigenvalue weighted by atomic mass is 10.1. The molecule has 1 fully saturated rings. The summed E-state index contributed by atoms with van der Waals surface area (Å²) in [6, 6.07) is 12.6. The van der Waals surface area contributed by atoms with E-state index in [9.17, 15) is 9.59 Å². The number of aromatic amines is 1. The molecule has 2 aromatic carbocycles. The first-order valence-electron chi connectivity index (χ1n) is 11.5. The van der Waals surface area contributed by atoms with Crippen LogP contribution < -0.4 is 20.5 Å². The number of ether oxygens (including phenoxy) is 3. The van der Waals surface area contributed by atoms with Gasteiger partial charge in [-0.15, -0.1) is 0 Å². The van der Waals surface area contributed by atoms with Crippen LogP contribution in [0.5, 0.6) is 17.2 Å². The number of nitrogens with one attached hydrogen (secondary N) is 2. The highest BCUT2D eigenvalue weighted by atomic mass is 16.6. The lowest BCUT2D eigenvalue weighted by Gasteiger charge is -2.29. The van der Waals surface area contributed by atoms with Gasteiger partial charge in [-0.05, 0) is 76.1 Å². The summed E-state index contributed by atoms with van der Waals surface area (Å²) in [5.74, 6) is 1.51. The van der Waals surface area contributed by atoms with E-state index in [1.807, 2.05) is 26.8 Å². The van der Waals surface area contributed by atoms with Gasteiger partial charge in [0, 0.05) is 18.7 Å². The fourth-order valence-corrected chi connectivity index (χ4v) is 3.86. The maximum Gasteiger partial charge on any atom is 0.439 e. The van der Waals surface area contributed by atoms with Crippen molar-refractivity contribution in [1.29, 1.82) is 0 Å². The van der Waals surface area contributed by atoms with Crippen molar-refractivity contribution >= 4 is 11.8 Å². The second-order valence-corrected chi connectivity index (χ2v) is 9.28. The summed E-state index contributed by atoms with van der Waals surface area (Å²) >= 11 is 0. The molecule has 10 heteroatoms. The number of aromatic nitrogens is 2. The van der Waals surface area contributed by atoms with Crippen LogP contribution in [0.25, 0.3) is 11.4 Å². The van der Waals surface area contributed by atoms with Gasteiger partial charge in [0.1, 0.15) is 17.1 Å². The number of methoxy groups -OCH3 is 1. The lowest BCUT2D eigenvalue weighted by molar-refractivity contribution is 0.0235. The van der Waals surface area contributed by atoms with Gasteiger partial charge in [-0.2, -0.15) is 0 Å². The molecule has 10 nitrogen and oxygen atoms in total.